The van der Waals surface area contributed by atoms with E-state index in [2.05, 4.69) is 17.1 Å². The number of carbonyl (C=O) groups is 1. The van der Waals surface area contributed by atoms with Crippen molar-refractivity contribution in [3.8, 4) is 0 Å². The highest BCUT2D eigenvalue weighted by Gasteiger charge is 2.26. The summed E-state index contributed by atoms with van der Waals surface area (Å²) in [5.41, 5.74) is 5.90. The highest BCUT2D eigenvalue weighted by molar-refractivity contribution is 5.94. The summed E-state index contributed by atoms with van der Waals surface area (Å²) in [6, 6.07) is 6.15. The third-order valence-electron chi connectivity index (χ3n) is 4.24. The molecule has 1 aliphatic heterocycles. The lowest BCUT2D eigenvalue weighted by atomic mass is 9.87. The van der Waals surface area contributed by atoms with Gasteiger partial charge in [-0.15, -0.1) is 0 Å². The van der Waals surface area contributed by atoms with Crippen LogP contribution in [0, 0.1) is 22.0 Å². The molecule has 1 saturated heterocycles. The topological polar surface area (TPSA) is 102 Å². The van der Waals surface area contributed by atoms with Crippen LogP contribution in [0.2, 0.25) is 0 Å². The monoisotopic (exact) mass is 306 g/mol. The standard InChI is InChI=1S/C15H22N4O3/c1-11-6-7-18(9-12(11)8-16)10-15(20)17-13-4-2-3-5-14(13)19(21)22/h2-5,11-12H,6-10,16H2,1H3,(H,17,20). The van der Waals surface area contributed by atoms with Crippen molar-refractivity contribution < 1.29 is 9.72 Å². The minimum Gasteiger partial charge on any atom is -0.330 e. The molecular formula is C15H22N4O3. The summed E-state index contributed by atoms with van der Waals surface area (Å²) in [7, 11) is 0. The second-order valence-electron chi connectivity index (χ2n) is 5.82. The van der Waals surface area contributed by atoms with Crippen LogP contribution in [0.25, 0.3) is 0 Å². The van der Waals surface area contributed by atoms with E-state index in [0.717, 1.165) is 19.5 Å². The second-order valence-corrected chi connectivity index (χ2v) is 5.82. The fourth-order valence-corrected chi connectivity index (χ4v) is 2.81. The van der Waals surface area contributed by atoms with Gasteiger partial charge in [-0.05, 0) is 37.4 Å². The van der Waals surface area contributed by atoms with Gasteiger partial charge in [0.2, 0.25) is 5.91 Å². The Labute approximate surface area is 129 Å². The number of piperidine rings is 1. The fraction of sp³-hybridized carbons (Fsp3) is 0.533. The molecule has 120 valence electrons. The van der Waals surface area contributed by atoms with E-state index in [-0.39, 0.29) is 23.8 Å². The van der Waals surface area contributed by atoms with Gasteiger partial charge in [-0.3, -0.25) is 19.8 Å². The molecule has 3 N–H and O–H groups in total. The number of nitro benzene ring substituents is 1. The molecule has 0 saturated carbocycles. The Kier molecular flexibility index (Phi) is 5.46. The molecule has 1 aromatic rings. The molecule has 2 atom stereocenters. The quantitative estimate of drug-likeness (QED) is 0.633. The fourth-order valence-electron chi connectivity index (χ4n) is 2.81. The summed E-state index contributed by atoms with van der Waals surface area (Å²) in [4.78, 5) is 24.6. The van der Waals surface area contributed by atoms with E-state index in [4.69, 9.17) is 5.73 Å². The number of anilines is 1. The van der Waals surface area contributed by atoms with Crippen LogP contribution in [-0.2, 0) is 4.79 Å². The zero-order chi connectivity index (χ0) is 16.1. The van der Waals surface area contributed by atoms with E-state index in [0.29, 0.717) is 18.4 Å². The smallest absolute Gasteiger partial charge is 0.292 e. The van der Waals surface area contributed by atoms with Crippen molar-refractivity contribution in [3.05, 3.63) is 34.4 Å². The number of hydrogen-bond acceptors (Lipinski definition) is 5. The van der Waals surface area contributed by atoms with Crippen LogP contribution in [0.4, 0.5) is 11.4 Å². The van der Waals surface area contributed by atoms with Gasteiger partial charge >= 0.3 is 0 Å². The van der Waals surface area contributed by atoms with Crippen molar-refractivity contribution in [1.29, 1.82) is 0 Å². The van der Waals surface area contributed by atoms with E-state index >= 15 is 0 Å². The average Bonchev–Trinajstić information content (AvgIpc) is 2.49. The van der Waals surface area contributed by atoms with Gasteiger partial charge in [0.15, 0.2) is 0 Å². The number of nitrogens with two attached hydrogens (primary N) is 1. The van der Waals surface area contributed by atoms with E-state index in [1.54, 1.807) is 12.1 Å². The number of rotatable bonds is 5. The first-order valence-electron chi connectivity index (χ1n) is 7.47. The molecule has 1 heterocycles. The van der Waals surface area contributed by atoms with Crippen molar-refractivity contribution >= 4 is 17.3 Å². The van der Waals surface area contributed by atoms with Crippen molar-refractivity contribution in [3.63, 3.8) is 0 Å². The number of likely N-dealkylation sites (tertiary alicyclic amines) is 1. The minimum atomic E-state index is -0.497. The Bertz CT molecular complexity index is 549. The van der Waals surface area contributed by atoms with Crippen LogP contribution >= 0.6 is 0 Å². The molecule has 1 fully saturated rings. The summed E-state index contributed by atoms with van der Waals surface area (Å²) in [6.07, 6.45) is 1.01. The summed E-state index contributed by atoms with van der Waals surface area (Å²) < 4.78 is 0. The summed E-state index contributed by atoms with van der Waals surface area (Å²) in [5.74, 6) is 0.728. The van der Waals surface area contributed by atoms with Crippen molar-refractivity contribution in [1.82, 2.24) is 4.90 Å². The van der Waals surface area contributed by atoms with Crippen molar-refractivity contribution in [2.45, 2.75) is 13.3 Å². The van der Waals surface area contributed by atoms with Gasteiger partial charge < -0.3 is 11.1 Å². The molecule has 7 heteroatoms. The van der Waals surface area contributed by atoms with E-state index in [1.165, 1.54) is 12.1 Å². The molecule has 0 bridgehead atoms. The molecule has 1 aliphatic rings. The maximum absolute atomic E-state index is 12.1. The molecule has 2 unspecified atom stereocenters. The number of hydrogen-bond donors (Lipinski definition) is 2. The molecule has 7 nitrogen and oxygen atoms in total. The largest absolute Gasteiger partial charge is 0.330 e. The SMILES string of the molecule is CC1CCN(CC(=O)Nc2ccccc2[N+](=O)[O-])CC1CN. The Morgan fingerprint density at radius 1 is 1.50 bits per heavy atom. The number of para-hydroxylation sites is 2. The van der Waals surface area contributed by atoms with Crippen molar-refractivity contribution in [2.24, 2.45) is 17.6 Å². The molecule has 0 radical (unpaired) electrons. The Morgan fingerprint density at radius 2 is 2.23 bits per heavy atom. The Balaban J connectivity index is 1.95. The van der Waals surface area contributed by atoms with Gasteiger partial charge in [-0.25, -0.2) is 0 Å². The first-order chi connectivity index (χ1) is 10.5. The molecule has 0 spiro atoms. The lowest BCUT2D eigenvalue weighted by molar-refractivity contribution is -0.383. The van der Waals surface area contributed by atoms with Crippen molar-refractivity contribution in [2.75, 3.05) is 31.5 Å². The number of nitro groups is 1. The lowest BCUT2D eigenvalue weighted by Gasteiger charge is -2.36. The number of carbonyl (C=O) groups excluding carboxylic acids is 1. The molecule has 22 heavy (non-hydrogen) atoms. The zero-order valence-corrected chi connectivity index (χ0v) is 12.7. The molecule has 2 rings (SSSR count). The van der Waals surface area contributed by atoms with Gasteiger partial charge in [-0.2, -0.15) is 0 Å². The summed E-state index contributed by atoms with van der Waals surface area (Å²) >= 11 is 0. The molecule has 1 aromatic carbocycles. The number of amides is 1. The molecular weight excluding hydrogens is 284 g/mol. The summed E-state index contributed by atoms with van der Waals surface area (Å²) in [5, 5.41) is 13.6. The Hall–Kier alpha value is -1.99. The molecule has 0 aromatic heterocycles. The van der Waals surface area contributed by atoms with Crippen LogP contribution in [0.15, 0.2) is 24.3 Å². The first kappa shape index (κ1) is 16.4. The lowest BCUT2D eigenvalue weighted by Crippen LogP contribution is -2.45. The Morgan fingerprint density at radius 3 is 2.91 bits per heavy atom. The number of nitrogens with zero attached hydrogens (tertiary/aromatic N) is 2. The normalized spacial score (nSPS) is 22.3. The predicted octanol–water partition coefficient (Wildman–Crippen LogP) is 1.45. The zero-order valence-electron chi connectivity index (χ0n) is 12.7. The minimum absolute atomic E-state index is 0.0945. The van der Waals surface area contributed by atoms with Gasteiger partial charge in [0.05, 0.1) is 11.5 Å². The maximum atomic E-state index is 12.1. The van der Waals surface area contributed by atoms with Gasteiger partial charge in [0.1, 0.15) is 5.69 Å². The molecule has 0 aliphatic carbocycles. The van der Waals surface area contributed by atoms with E-state index < -0.39 is 4.92 Å². The van der Waals surface area contributed by atoms with Gasteiger partial charge in [-0.1, -0.05) is 19.1 Å². The van der Waals surface area contributed by atoms with Crippen LogP contribution in [-0.4, -0.2) is 41.9 Å². The van der Waals surface area contributed by atoms with E-state index in [1.807, 2.05) is 0 Å². The maximum Gasteiger partial charge on any atom is 0.292 e. The second kappa shape index (κ2) is 7.33. The third kappa shape index (κ3) is 4.02. The number of nitrogens with one attached hydrogen (secondary N) is 1. The predicted molar refractivity (Wildman–Crippen MR) is 84.5 cm³/mol. The summed E-state index contributed by atoms with van der Waals surface area (Å²) in [6.45, 7) is 4.67. The van der Waals surface area contributed by atoms with Crippen LogP contribution in [0.5, 0.6) is 0 Å². The number of benzene rings is 1. The van der Waals surface area contributed by atoms with Gasteiger partial charge in [0.25, 0.3) is 5.69 Å². The van der Waals surface area contributed by atoms with Crippen LogP contribution in [0.1, 0.15) is 13.3 Å². The van der Waals surface area contributed by atoms with Gasteiger partial charge in [0, 0.05) is 12.6 Å². The highest BCUT2D eigenvalue weighted by atomic mass is 16.6. The van der Waals surface area contributed by atoms with Crippen LogP contribution < -0.4 is 11.1 Å². The molecule has 1 amide bonds. The average molecular weight is 306 g/mol. The first-order valence-corrected chi connectivity index (χ1v) is 7.47. The van der Waals surface area contributed by atoms with Crippen LogP contribution in [0.3, 0.4) is 0 Å². The highest BCUT2D eigenvalue weighted by Crippen LogP contribution is 2.24. The van der Waals surface area contributed by atoms with E-state index in [9.17, 15) is 14.9 Å². The third-order valence-corrected chi connectivity index (χ3v) is 4.24.